The lowest BCUT2D eigenvalue weighted by molar-refractivity contribution is -0.138. The lowest BCUT2D eigenvalue weighted by atomic mass is 10.1. The van der Waals surface area contributed by atoms with Gasteiger partial charge in [0.25, 0.3) is 0 Å². The van der Waals surface area contributed by atoms with Gasteiger partial charge in [-0.15, -0.1) is 12.4 Å². The first-order valence-electron chi connectivity index (χ1n) is 4.36. The minimum Gasteiger partial charge on any atom is -0.508 e. The Bertz CT molecular complexity index is 313. The highest BCUT2D eigenvalue weighted by Crippen LogP contribution is 2.11. The topological polar surface area (TPSA) is 83.5 Å². The molecule has 0 heterocycles. The van der Waals surface area contributed by atoms with Crippen molar-refractivity contribution in [1.82, 2.24) is 0 Å². The van der Waals surface area contributed by atoms with E-state index in [0.717, 1.165) is 5.56 Å². The summed E-state index contributed by atoms with van der Waals surface area (Å²) < 4.78 is 0. The average Bonchev–Trinajstić information content (AvgIpc) is 2.16. The molecule has 84 valence electrons. The number of hydrogen-bond donors (Lipinski definition) is 3. The smallest absolute Gasteiger partial charge is 0.320 e. The zero-order chi connectivity index (χ0) is 10.6. The Morgan fingerprint density at radius 1 is 1.33 bits per heavy atom. The van der Waals surface area contributed by atoms with Gasteiger partial charge in [0.15, 0.2) is 0 Å². The van der Waals surface area contributed by atoms with Crippen LogP contribution in [0.5, 0.6) is 5.75 Å². The van der Waals surface area contributed by atoms with Crippen molar-refractivity contribution in [1.29, 1.82) is 0 Å². The molecule has 0 aliphatic heterocycles. The highest BCUT2D eigenvalue weighted by atomic mass is 35.5. The summed E-state index contributed by atoms with van der Waals surface area (Å²) >= 11 is 0. The number of halogens is 1. The van der Waals surface area contributed by atoms with E-state index in [0.29, 0.717) is 12.8 Å². The number of carboxylic acid groups (broad SMARTS) is 1. The zero-order valence-corrected chi connectivity index (χ0v) is 8.91. The number of phenols is 1. The van der Waals surface area contributed by atoms with Gasteiger partial charge in [-0.2, -0.15) is 0 Å². The number of phenolic OH excluding ortho intramolecular Hbond substituents is 1. The van der Waals surface area contributed by atoms with E-state index in [2.05, 4.69) is 0 Å². The second-order valence-electron chi connectivity index (χ2n) is 3.15. The molecule has 0 amide bonds. The summed E-state index contributed by atoms with van der Waals surface area (Å²) in [6, 6.07) is 5.83. The number of carboxylic acids is 1. The molecule has 0 aliphatic carbocycles. The van der Waals surface area contributed by atoms with Gasteiger partial charge < -0.3 is 15.9 Å². The van der Waals surface area contributed by atoms with Crippen LogP contribution in [0.15, 0.2) is 24.3 Å². The van der Waals surface area contributed by atoms with E-state index >= 15 is 0 Å². The van der Waals surface area contributed by atoms with Crippen molar-refractivity contribution in [2.75, 3.05) is 0 Å². The summed E-state index contributed by atoms with van der Waals surface area (Å²) in [6.07, 6.45) is 1.01. The Morgan fingerprint density at radius 2 is 1.87 bits per heavy atom. The van der Waals surface area contributed by atoms with Crippen LogP contribution in [0.3, 0.4) is 0 Å². The molecule has 4 N–H and O–H groups in total. The van der Waals surface area contributed by atoms with E-state index in [-0.39, 0.29) is 18.2 Å². The molecule has 1 aromatic rings. The molecule has 0 saturated heterocycles. The third-order valence-electron chi connectivity index (χ3n) is 2.00. The molecular formula is C10H14ClNO3. The zero-order valence-electron chi connectivity index (χ0n) is 8.09. The molecule has 0 bridgehead atoms. The van der Waals surface area contributed by atoms with E-state index in [4.69, 9.17) is 15.9 Å². The fraction of sp³-hybridized carbons (Fsp3) is 0.300. The van der Waals surface area contributed by atoms with Crippen LogP contribution in [0, 0.1) is 0 Å². The lowest BCUT2D eigenvalue weighted by Crippen LogP contribution is -2.30. The van der Waals surface area contributed by atoms with Gasteiger partial charge in [0.1, 0.15) is 11.8 Å². The number of aliphatic carboxylic acids is 1. The van der Waals surface area contributed by atoms with E-state index in [1.165, 1.54) is 0 Å². The molecule has 4 nitrogen and oxygen atoms in total. The number of hydrogen-bond acceptors (Lipinski definition) is 3. The maximum absolute atomic E-state index is 10.4. The van der Waals surface area contributed by atoms with E-state index in [1.807, 2.05) is 0 Å². The summed E-state index contributed by atoms with van der Waals surface area (Å²) in [5.41, 5.74) is 6.32. The molecule has 1 atom stereocenters. The summed E-state index contributed by atoms with van der Waals surface area (Å²) in [6.45, 7) is 0. The Balaban J connectivity index is 0.00000196. The van der Waals surface area contributed by atoms with Gasteiger partial charge in [0.05, 0.1) is 0 Å². The first-order valence-corrected chi connectivity index (χ1v) is 4.36. The summed E-state index contributed by atoms with van der Waals surface area (Å²) in [5.74, 6) is -0.778. The maximum atomic E-state index is 10.4. The Labute approximate surface area is 94.1 Å². The molecule has 0 aliphatic rings. The minimum atomic E-state index is -0.983. The van der Waals surface area contributed by atoms with E-state index < -0.39 is 12.0 Å². The largest absolute Gasteiger partial charge is 0.508 e. The lowest BCUT2D eigenvalue weighted by Gasteiger charge is -2.05. The van der Waals surface area contributed by atoms with Gasteiger partial charge in [-0.25, -0.2) is 0 Å². The van der Waals surface area contributed by atoms with Crippen LogP contribution in [0.2, 0.25) is 0 Å². The quantitative estimate of drug-likeness (QED) is 0.726. The Morgan fingerprint density at radius 3 is 2.33 bits per heavy atom. The first kappa shape index (κ1) is 13.7. The van der Waals surface area contributed by atoms with Crippen molar-refractivity contribution in [2.45, 2.75) is 18.9 Å². The van der Waals surface area contributed by atoms with Gasteiger partial charge >= 0.3 is 5.97 Å². The normalized spacial score (nSPS) is 11.5. The summed E-state index contributed by atoms with van der Waals surface area (Å²) in [4.78, 5) is 10.4. The highest BCUT2D eigenvalue weighted by Gasteiger charge is 2.10. The highest BCUT2D eigenvalue weighted by molar-refractivity contribution is 5.85. The number of aryl methyl sites for hydroxylation is 1. The number of carbonyl (C=O) groups is 1. The van der Waals surface area contributed by atoms with Gasteiger partial charge in [-0.1, -0.05) is 12.1 Å². The second-order valence-corrected chi connectivity index (χ2v) is 3.15. The molecule has 5 heteroatoms. The molecule has 0 spiro atoms. The fourth-order valence-electron chi connectivity index (χ4n) is 1.11. The molecule has 1 aromatic carbocycles. The summed E-state index contributed by atoms with van der Waals surface area (Å²) in [5, 5.41) is 17.5. The molecule has 0 unspecified atom stereocenters. The third-order valence-corrected chi connectivity index (χ3v) is 2.00. The second kappa shape index (κ2) is 6.27. The van der Waals surface area contributed by atoms with E-state index in [9.17, 15) is 4.79 Å². The monoisotopic (exact) mass is 231 g/mol. The third kappa shape index (κ3) is 4.67. The molecular weight excluding hydrogens is 218 g/mol. The van der Waals surface area contributed by atoms with Crippen LogP contribution >= 0.6 is 12.4 Å². The van der Waals surface area contributed by atoms with Crippen LogP contribution in [0.25, 0.3) is 0 Å². The molecule has 0 saturated carbocycles. The van der Waals surface area contributed by atoms with Crippen LogP contribution in [-0.2, 0) is 11.2 Å². The molecule has 0 aromatic heterocycles. The minimum absolute atomic E-state index is 0. The predicted molar refractivity (Wildman–Crippen MR) is 59.3 cm³/mol. The Hall–Kier alpha value is -1.26. The van der Waals surface area contributed by atoms with Crippen molar-refractivity contribution in [2.24, 2.45) is 5.73 Å². The van der Waals surface area contributed by atoms with Gasteiger partial charge in [0, 0.05) is 0 Å². The van der Waals surface area contributed by atoms with Crippen molar-refractivity contribution in [3.63, 3.8) is 0 Å². The standard InChI is InChI=1S/C10H13NO3.ClH/c11-9(10(13)14)6-3-7-1-4-8(12)5-2-7;/h1-2,4-5,9,12H,3,6,11H2,(H,13,14);1H/t9-;/m0./s1. The molecule has 0 radical (unpaired) electrons. The van der Waals surface area contributed by atoms with Crippen LogP contribution in [0.1, 0.15) is 12.0 Å². The number of rotatable bonds is 4. The van der Waals surface area contributed by atoms with Crippen LogP contribution in [0.4, 0.5) is 0 Å². The molecule has 1 rings (SSSR count). The van der Waals surface area contributed by atoms with Gasteiger partial charge in [-0.3, -0.25) is 4.79 Å². The number of nitrogens with two attached hydrogens (primary N) is 1. The van der Waals surface area contributed by atoms with Crippen molar-refractivity contribution < 1.29 is 15.0 Å². The number of aromatic hydroxyl groups is 1. The SMILES string of the molecule is Cl.N[C@@H](CCc1ccc(O)cc1)C(=O)O. The molecule has 15 heavy (non-hydrogen) atoms. The molecule has 0 fully saturated rings. The van der Waals surface area contributed by atoms with Crippen molar-refractivity contribution in [3.05, 3.63) is 29.8 Å². The van der Waals surface area contributed by atoms with Gasteiger partial charge in [0.2, 0.25) is 0 Å². The fourth-order valence-corrected chi connectivity index (χ4v) is 1.11. The first-order chi connectivity index (χ1) is 6.59. The van der Waals surface area contributed by atoms with Crippen molar-refractivity contribution >= 4 is 18.4 Å². The van der Waals surface area contributed by atoms with E-state index in [1.54, 1.807) is 24.3 Å². The Kier molecular flexibility index (Phi) is 5.74. The van der Waals surface area contributed by atoms with Gasteiger partial charge in [-0.05, 0) is 30.5 Å². The summed E-state index contributed by atoms with van der Waals surface area (Å²) in [7, 11) is 0. The van der Waals surface area contributed by atoms with Crippen LogP contribution < -0.4 is 5.73 Å². The number of benzene rings is 1. The predicted octanol–water partition coefficient (Wildman–Crippen LogP) is 1.16. The van der Waals surface area contributed by atoms with Crippen LogP contribution in [-0.4, -0.2) is 22.2 Å². The average molecular weight is 232 g/mol. The van der Waals surface area contributed by atoms with Crippen molar-refractivity contribution in [3.8, 4) is 5.75 Å². The maximum Gasteiger partial charge on any atom is 0.320 e.